The quantitative estimate of drug-likeness (QED) is 0.524. The molecule has 2 heterocycles. The van der Waals surface area contributed by atoms with E-state index in [1.54, 1.807) is 24.5 Å². The molecule has 3 aromatic rings. The van der Waals surface area contributed by atoms with Crippen LogP contribution in [0.2, 0.25) is 0 Å². The van der Waals surface area contributed by atoms with Crippen molar-refractivity contribution in [1.82, 2.24) is 20.4 Å². The van der Waals surface area contributed by atoms with Gasteiger partial charge >= 0.3 is 0 Å². The van der Waals surface area contributed by atoms with Gasteiger partial charge in [-0.15, -0.1) is 0 Å². The number of carbonyl (C=O) groups is 1. The van der Waals surface area contributed by atoms with Gasteiger partial charge in [0.25, 0.3) is 11.6 Å². The zero-order valence-corrected chi connectivity index (χ0v) is 14.7. The second-order valence-corrected chi connectivity index (χ2v) is 6.19. The summed E-state index contributed by atoms with van der Waals surface area (Å²) in [7, 11) is 0. The minimum atomic E-state index is -0.516. The van der Waals surface area contributed by atoms with Gasteiger partial charge in [-0.25, -0.2) is 0 Å². The lowest BCUT2D eigenvalue weighted by Gasteiger charge is -2.18. The maximum Gasteiger partial charge on any atom is 0.269 e. The first-order valence-electron chi connectivity index (χ1n) is 8.25. The fraction of sp³-hybridized carbons (Fsp3) is 0.222. The third-order valence-corrected chi connectivity index (χ3v) is 3.94. The number of hydrogen-bond donors (Lipinski definition) is 1. The predicted octanol–water partition coefficient (Wildman–Crippen LogP) is 3.17. The van der Waals surface area contributed by atoms with Gasteiger partial charge in [-0.3, -0.25) is 19.9 Å². The van der Waals surface area contributed by atoms with Gasteiger partial charge in [-0.1, -0.05) is 19.0 Å². The van der Waals surface area contributed by atoms with Gasteiger partial charge in [0.15, 0.2) is 0 Å². The van der Waals surface area contributed by atoms with Crippen LogP contribution < -0.4 is 5.32 Å². The molecule has 1 aromatic carbocycles. The highest BCUT2D eigenvalue weighted by Crippen LogP contribution is 2.24. The number of amides is 1. The van der Waals surface area contributed by atoms with E-state index in [-0.39, 0.29) is 23.4 Å². The smallest absolute Gasteiger partial charge is 0.269 e. The van der Waals surface area contributed by atoms with E-state index in [1.807, 2.05) is 13.8 Å². The summed E-state index contributed by atoms with van der Waals surface area (Å²) in [6, 6.07) is 8.39. The average Bonchev–Trinajstić information content (AvgIpc) is 3.16. The van der Waals surface area contributed by atoms with Crippen LogP contribution in [0.25, 0.3) is 11.4 Å². The summed E-state index contributed by atoms with van der Waals surface area (Å²) in [5, 5.41) is 17.5. The van der Waals surface area contributed by atoms with Gasteiger partial charge in [0.2, 0.25) is 11.7 Å². The van der Waals surface area contributed by atoms with Gasteiger partial charge in [0.1, 0.15) is 6.04 Å². The highest BCUT2D eigenvalue weighted by atomic mass is 16.6. The maximum atomic E-state index is 12.5. The van der Waals surface area contributed by atoms with E-state index in [9.17, 15) is 14.9 Å². The van der Waals surface area contributed by atoms with Crippen molar-refractivity contribution in [2.24, 2.45) is 5.92 Å². The fourth-order valence-corrected chi connectivity index (χ4v) is 2.45. The SMILES string of the molecule is CC(C)C(NC(=O)c1ccc([N+](=O)[O-])cc1)c1nc(-c2ccncc2)no1. The molecule has 138 valence electrons. The number of nitrogens with one attached hydrogen (secondary N) is 1. The Morgan fingerprint density at radius 2 is 1.81 bits per heavy atom. The van der Waals surface area contributed by atoms with Crippen LogP contribution in [0.4, 0.5) is 5.69 Å². The van der Waals surface area contributed by atoms with Crippen molar-refractivity contribution in [2.75, 3.05) is 0 Å². The number of hydrogen-bond acceptors (Lipinski definition) is 7. The number of non-ortho nitro benzene ring substituents is 1. The summed E-state index contributed by atoms with van der Waals surface area (Å²) in [5.41, 5.74) is 0.982. The van der Waals surface area contributed by atoms with Crippen molar-refractivity contribution in [3.63, 3.8) is 0 Å². The standard InChI is InChI=1S/C18H17N5O4/c1-11(2)15(18-21-16(22-27-18)12-7-9-19-10-8-12)20-17(24)13-3-5-14(6-4-13)23(25)26/h3-11,15H,1-2H3,(H,20,24). The molecule has 2 aromatic heterocycles. The highest BCUT2D eigenvalue weighted by molar-refractivity contribution is 5.94. The Hall–Kier alpha value is -3.62. The molecule has 0 aliphatic heterocycles. The maximum absolute atomic E-state index is 12.5. The lowest BCUT2D eigenvalue weighted by Crippen LogP contribution is -2.32. The number of pyridine rings is 1. The number of rotatable bonds is 6. The first-order valence-corrected chi connectivity index (χ1v) is 8.25. The Morgan fingerprint density at radius 1 is 1.15 bits per heavy atom. The van der Waals surface area contributed by atoms with E-state index < -0.39 is 11.0 Å². The topological polar surface area (TPSA) is 124 Å². The number of nitro benzene ring substituents is 1. The zero-order valence-electron chi connectivity index (χ0n) is 14.7. The van der Waals surface area contributed by atoms with Gasteiger partial charge in [0.05, 0.1) is 4.92 Å². The monoisotopic (exact) mass is 367 g/mol. The first-order chi connectivity index (χ1) is 13.0. The van der Waals surface area contributed by atoms with Gasteiger partial charge in [0, 0.05) is 35.7 Å². The third-order valence-electron chi connectivity index (χ3n) is 3.94. The Bertz CT molecular complexity index is 938. The van der Waals surface area contributed by atoms with Crippen LogP contribution in [0.3, 0.4) is 0 Å². The Balaban J connectivity index is 1.79. The molecule has 0 saturated heterocycles. The molecule has 1 atom stereocenters. The molecule has 1 unspecified atom stereocenters. The van der Waals surface area contributed by atoms with Gasteiger partial charge in [-0.05, 0) is 30.2 Å². The molecule has 0 saturated carbocycles. The molecule has 1 N–H and O–H groups in total. The third kappa shape index (κ3) is 4.14. The molecule has 0 spiro atoms. The molecule has 0 radical (unpaired) electrons. The van der Waals surface area contributed by atoms with Crippen LogP contribution in [0.5, 0.6) is 0 Å². The number of aromatic nitrogens is 3. The summed E-state index contributed by atoms with van der Waals surface area (Å²) in [6.45, 7) is 3.83. The molecule has 0 aliphatic carbocycles. The molecule has 3 rings (SSSR count). The van der Waals surface area contributed by atoms with Crippen molar-refractivity contribution in [2.45, 2.75) is 19.9 Å². The normalized spacial score (nSPS) is 12.0. The summed E-state index contributed by atoms with van der Waals surface area (Å²) < 4.78 is 5.34. The van der Waals surface area contributed by atoms with E-state index in [2.05, 4.69) is 20.4 Å². The molecule has 1 amide bonds. The van der Waals surface area contributed by atoms with E-state index in [0.29, 0.717) is 11.4 Å². The summed E-state index contributed by atoms with van der Waals surface area (Å²) in [5.74, 6) is 0.291. The molecule has 9 heteroatoms. The van der Waals surface area contributed by atoms with Crippen LogP contribution in [0.15, 0.2) is 53.3 Å². The number of carbonyl (C=O) groups excluding carboxylic acids is 1. The molecule has 9 nitrogen and oxygen atoms in total. The summed E-state index contributed by atoms with van der Waals surface area (Å²) >= 11 is 0. The number of nitrogens with zero attached hydrogens (tertiary/aromatic N) is 4. The summed E-state index contributed by atoms with van der Waals surface area (Å²) in [4.78, 5) is 31.0. The lowest BCUT2D eigenvalue weighted by molar-refractivity contribution is -0.384. The molecule has 0 bridgehead atoms. The largest absolute Gasteiger partial charge is 0.340 e. The van der Waals surface area contributed by atoms with Crippen molar-refractivity contribution in [3.05, 3.63) is 70.4 Å². The Kier molecular flexibility index (Phi) is 5.20. The average molecular weight is 367 g/mol. The molecule has 0 fully saturated rings. The lowest BCUT2D eigenvalue weighted by atomic mass is 10.0. The zero-order chi connectivity index (χ0) is 19.4. The number of nitro groups is 1. The Labute approximate surface area is 154 Å². The van der Waals surface area contributed by atoms with E-state index in [4.69, 9.17) is 4.52 Å². The van der Waals surface area contributed by atoms with Crippen molar-refractivity contribution in [3.8, 4) is 11.4 Å². The number of benzene rings is 1. The van der Waals surface area contributed by atoms with E-state index in [1.165, 1.54) is 24.3 Å². The van der Waals surface area contributed by atoms with Crippen LogP contribution in [0, 0.1) is 16.0 Å². The molecule has 27 heavy (non-hydrogen) atoms. The van der Waals surface area contributed by atoms with Crippen LogP contribution >= 0.6 is 0 Å². The van der Waals surface area contributed by atoms with Gasteiger partial charge < -0.3 is 9.84 Å². The second kappa shape index (κ2) is 7.73. The van der Waals surface area contributed by atoms with Crippen molar-refractivity contribution >= 4 is 11.6 Å². The van der Waals surface area contributed by atoms with Crippen LogP contribution in [-0.4, -0.2) is 26.0 Å². The minimum absolute atomic E-state index is 0.0160. The Morgan fingerprint density at radius 3 is 2.41 bits per heavy atom. The second-order valence-electron chi connectivity index (χ2n) is 6.19. The summed E-state index contributed by atoms with van der Waals surface area (Å²) in [6.07, 6.45) is 3.25. The van der Waals surface area contributed by atoms with Crippen molar-refractivity contribution in [1.29, 1.82) is 0 Å². The van der Waals surface area contributed by atoms with Crippen LogP contribution in [-0.2, 0) is 0 Å². The molecular formula is C18H17N5O4. The van der Waals surface area contributed by atoms with Crippen LogP contribution in [0.1, 0.15) is 36.1 Å². The minimum Gasteiger partial charge on any atom is -0.340 e. The predicted molar refractivity (Wildman–Crippen MR) is 95.7 cm³/mol. The van der Waals surface area contributed by atoms with E-state index >= 15 is 0 Å². The molecular weight excluding hydrogens is 350 g/mol. The van der Waals surface area contributed by atoms with Crippen molar-refractivity contribution < 1.29 is 14.2 Å². The first kappa shape index (κ1) is 18.2. The molecule has 0 aliphatic rings. The van der Waals surface area contributed by atoms with E-state index in [0.717, 1.165) is 5.56 Å². The van der Waals surface area contributed by atoms with Gasteiger partial charge in [-0.2, -0.15) is 4.98 Å². The fourth-order valence-electron chi connectivity index (χ4n) is 2.45. The highest BCUT2D eigenvalue weighted by Gasteiger charge is 2.25.